The van der Waals surface area contributed by atoms with E-state index in [1.165, 1.54) is 30.9 Å². The fraction of sp³-hybridized carbons (Fsp3) is 0.400. The summed E-state index contributed by atoms with van der Waals surface area (Å²) in [4.78, 5) is 29.2. The summed E-state index contributed by atoms with van der Waals surface area (Å²) in [6.45, 7) is 4.42. The third-order valence-electron chi connectivity index (χ3n) is 4.71. The second-order valence-electron chi connectivity index (χ2n) is 6.65. The number of H-pyrrole nitrogens is 1. The first-order valence-electron chi connectivity index (χ1n) is 8.91. The molecule has 25 heavy (non-hydrogen) atoms. The molecule has 5 nitrogen and oxygen atoms in total. The Bertz CT molecular complexity index is 764. The smallest absolute Gasteiger partial charge is 0.251 e. The molecule has 0 aliphatic carbocycles. The van der Waals surface area contributed by atoms with Gasteiger partial charge in [0.1, 0.15) is 0 Å². The largest absolute Gasteiger partial charge is 0.350 e. The average molecular weight is 339 g/mol. The van der Waals surface area contributed by atoms with Gasteiger partial charge in [-0.1, -0.05) is 36.8 Å². The van der Waals surface area contributed by atoms with Gasteiger partial charge in [-0.05, 0) is 44.5 Å². The van der Waals surface area contributed by atoms with E-state index in [4.69, 9.17) is 0 Å². The molecule has 1 saturated heterocycles. The van der Waals surface area contributed by atoms with Gasteiger partial charge in [-0.15, -0.1) is 0 Å². The first-order chi connectivity index (χ1) is 12.1. The number of rotatable bonds is 5. The van der Waals surface area contributed by atoms with Gasteiger partial charge in [0.05, 0.1) is 6.04 Å². The molecule has 0 unspecified atom stereocenters. The van der Waals surface area contributed by atoms with Crippen molar-refractivity contribution < 1.29 is 4.79 Å². The van der Waals surface area contributed by atoms with Crippen LogP contribution < -0.4 is 10.9 Å². The summed E-state index contributed by atoms with van der Waals surface area (Å²) >= 11 is 0. The zero-order valence-electron chi connectivity index (χ0n) is 14.6. The zero-order chi connectivity index (χ0) is 17.6. The molecule has 1 amide bonds. The molecule has 1 atom stereocenters. The van der Waals surface area contributed by atoms with Crippen molar-refractivity contribution >= 4 is 5.91 Å². The number of aromatic amines is 1. The Labute approximate surface area is 148 Å². The number of benzene rings is 1. The molecular weight excluding hydrogens is 314 g/mol. The Morgan fingerprint density at radius 3 is 2.56 bits per heavy atom. The standard InChI is InChI=1S/C20H25N3O2/c1-15-12-17(13-19(24)22-15)20(25)21-14-18(16-8-4-2-5-9-16)23-10-6-3-7-11-23/h2,4-5,8-9,12-13,18H,3,6-7,10-11,14H2,1H3,(H,21,25)(H,22,24)/t18-/m0/s1. The highest BCUT2D eigenvalue weighted by Gasteiger charge is 2.23. The Kier molecular flexibility index (Phi) is 5.66. The van der Waals surface area contributed by atoms with Crippen LogP contribution in [0.15, 0.2) is 47.3 Å². The zero-order valence-corrected chi connectivity index (χ0v) is 14.6. The molecule has 2 N–H and O–H groups in total. The van der Waals surface area contributed by atoms with E-state index >= 15 is 0 Å². The molecule has 1 aliphatic rings. The summed E-state index contributed by atoms with van der Waals surface area (Å²) < 4.78 is 0. The van der Waals surface area contributed by atoms with Gasteiger partial charge in [0.25, 0.3) is 5.91 Å². The lowest BCUT2D eigenvalue weighted by Crippen LogP contribution is -2.40. The first kappa shape index (κ1) is 17.4. The van der Waals surface area contributed by atoms with Crippen molar-refractivity contribution in [2.75, 3.05) is 19.6 Å². The summed E-state index contributed by atoms with van der Waals surface area (Å²) in [6, 6.07) is 13.5. The molecule has 0 spiro atoms. The van der Waals surface area contributed by atoms with E-state index in [0.29, 0.717) is 17.8 Å². The SMILES string of the molecule is Cc1cc(C(=O)NC[C@@H](c2ccccc2)N2CCCCC2)cc(=O)[nH]1. The number of piperidine rings is 1. The molecule has 0 bridgehead atoms. The van der Waals surface area contributed by atoms with Crippen molar-refractivity contribution in [2.24, 2.45) is 0 Å². The fourth-order valence-electron chi connectivity index (χ4n) is 3.47. The number of carbonyl (C=O) groups is 1. The molecule has 2 aromatic rings. The molecule has 0 radical (unpaired) electrons. The quantitative estimate of drug-likeness (QED) is 0.880. The van der Waals surface area contributed by atoms with Crippen LogP contribution in [0, 0.1) is 6.92 Å². The summed E-state index contributed by atoms with van der Waals surface area (Å²) in [5.41, 5.74) is 2.06. The number of amides is 1. The Morgan fingerprint density at radius 1 is 1.16 bits per heavy atom. The van der Waals surface area contributed by atoms with Crippen molar-refractivity contribution in [2.45, 2.75) is 32.2 Å². The van der Waals surface area contributed by atoms with E-state index in [1.807, 2.05) is 18.2 Å². The number of aromatic nitrogens is 1. The van der Waals surface area contributed by atoms with Gasteiger partial charge in [0.2, 0.25) is 5.56 Å². The topological polar surface area (TPSA) is 65.2 Å². The van der Waals surface area contributed by atoms with Crippen LogP contribution in [-0.4, -0.2) is 35.4 Å². The lowest BCUT2D eigenvalue weighted by Gasteiger charge is -2.35. The summed E-state index contributed by atoms with van der Waals surface area (Å²) in [7, 11) is 0. The third kappa shape index (κ3) is 4.57. The number of nitrogens with zero attached hydrogens (tertiary/aromatic N) is 1. The van der Waals surface area contributed by atoms with Crippen molar-refractivity contribution in [3.05, 3.63) is 69.6 Å². The minimum Gasteiger partial charge on any atom is -0.350 e. The monoisotopic (exact) mass is 339 g/mol. The summed E-state index contributed by atoms with van der Waals surface area (Å²) in [6.07, 6.45) is 3.67. The second kappa shape index (κ2) is 8.12. The fourth-order valence-corrected chi connectivity index (χ4v) is 3.47. The summed E-state index contributed by atoms with van der Waals surface area (Å²) in [5, 5.41) is 3.02. The van der Waals surface area contributed by atoms with Crippen LogP contribution in [0.25, 0.3) is 0 Å². The van der Waals surface area contributed by atoms with E-state index in [9.17, 15) is 9.59 Å². The first-order valence-corrected chi connectivity index (χ1v) is 8.91. The van der Waals surface area contributed by atoms with Gasteiger partial charge in [-0.2, -0.15) is 0 Å². The number of nitrogens with one attached hydrogen (secondary N) is 2. The van der Waals surface area contributed by atoms with Crippen molar-refractivity contribution in [3.8, 4) is 0 Å². The minimum absolute atomic E-state index is 0.161. The molecule has 1 aliphatic heterocycles. The second-order valence-corrected chi connectivity index (χ2v) is 6.65. The van der Waals surface area contributed by atoms with Crippen molar-refractivity contribution in [3.63, 3.8) is 0 Å². The molecule has 1 aromatic carbocycles. The molecule has 0 saturated carbocycles. The maximum absolute atomic E-state index is 12.5. The molecule has 132 valence electrons. The lowest BCUT2D eigenvalue weighted by molar-refractivity contribution is 0.0924. The molecule has 2 heterocycles. The van der Waals surface area contributed by atoms with Crippen LogP contribution in [-0.2, 0) is 0 Å². The Balaban J connectivity index is 1.73. The maximum Gasteiger partial charge on any atom is 0.251 e. The third-order valence-corrected chi connectivity index (χ3v) is 4.71. The molecule has 5 heteroatoms. The lowest BCUT2D eigenvalue weighted by atomic mass is 10.0. The highest BCUT2D eigenvalue weighted by molar-refractivity contribution is 5.94. The summed E-state index contributed by atoms with van der Waals surface area (Å²) in [5.74, 6) is -0.202. The van der Waals surface area contributed by atoms with Gasteiger partial charge < -0.3 is 10.3 Å². The number of aryl methyl sites for hydroxylation is 1. The molecule has 1 aromatic heterocycles. The van der Waals surface area contributed by atoms with E-state index in [-0.39, 0.29) is 17.5 Å². The van der Waals surface area contributed by atoms with Crippen LogP contribution in [0.1, 0.15) is 46.9 Å². The normalized spacial score (nSPS) is 16.4. The number of hydrogen-bond acceptors (Lipinski definition) is 3. The van der Waals surface area contributed by atoms with Crippen molar-refractivity contribution in [1.29, 1.82) is 0 Å². The van der Waals surface area contributed by atoms with Crippen LogP contribution in [0.5, 0.6) is 0 Å². The Hall–Kier alpha value is -2.40. The predicted octanol–water partition coefficient (Wildman–Crippen LogP) is 2.64. The van der Waals surface area contributed by atoms with E-state index < -0.39 is 0 Å². The number of carbonyl (C=O) groups excluding carboxylic acids is 1. The van der Waals surface area contributed by atoms with Gasteiger partial charge in [-0.25, -0.2) is 0 Å². The highest BCUT2D eigenvalue weighted by Crippen LogP contribution is 2.24. The van der Waals surface area contributed by atoms with E-state index in [1.54, 1.807) is 13.0 Å². The average Bonchev–Trinajstić information content (AvgIpc) is 2.63. The predicted molar refractivity (Wildman–Crippen MR) is 98.7 cm³/mol. The van der Waals surface area contributed by atoms with E-state index in [2.05, 4.69) is 27.3 Å². The van der Waals surface area contributed by atoms with Gasteiger partial charge in [0, 0.05) is 23.9 Å². The number of pyridine rings is 1. The minimum atomic E-state index is -0.249. The van der Waals surface area contributed by atoms with Crippen LogP contribution in [0.4, 0.5) is 0 Å². The van der Waals surface area contributed by atoms with Gasteiger partial charge in [0.15, 0.2) is 0 Å². The number of hydrogen-bond donors (Lipinski definition) is 2. The molecular formula is C20H25N3O2. The van der Waals surface area contributed by atoms with Crippen molar-refractivity contribution in [1.82, 2.24) is 15.2 Å². The van der Waals surface area contributed by atoms with Crippen LogP contribution in [0.3, 0.4) is 0 Å². The molecule has 3 rings (SSSR count). The Morgan fingerprint density at radius 2 is 1.88 bits per heavy atom. The van der Waals surface area contributed by atoms with Gasteiger partial charge >= 0.3 is 0 Å². The van der Waals surface area contributed by atoms with Crippen LogP contribution >= 0.6 is 0 Å². The highest BCUT2D eigenvalue weighted by atomic mass is 16.2. The number of likely N-dealkylation sites (tertiary alicyclic amines) is 1. The molecule has 1 fully saturated rings. The van der Waals surface area contributed by atoms with E-state index in [0.717, 1.165) is 13.1 Å². The van der Waals surface area contributed by atoms with Crippen LogP contribution in [0.2, 0.25) is 0 Å². The maximum atomic E-state index is 12.5. The van der Waals surface area contributed by atoms with Gasteiger partial charge in [-0.3, -0.25) is 14.5 Å².